The Morgan fingerprint density at radius 3 is 2.61 bits per heavy atom. The van der Waals surface area contributed by atoms with E-state index < -0.39 is 6.04 Å². The Kier molecular flexibility index (Phi) is 3.85. The van der Waals surface area contributed by atoms with Gasteiger partial charge in [-0.15, -0.1) is 0 Å². The third kappa shape index (κ3) is 3.02. The van der Waals surface area contributed by atoms with E-state index in [1.54, 1.807) is 24.3 Å². The lowest BCUT2D eigenvalue weighted by Gasteiger charge is -2.13. The fraction of sp³-hybridized carbons (Fsp3) is 0.0714. The van der Waals surface area contributed by atoms with Crippen molar-refractivity contribution < 1.29 is 5.11 Å². The van der Waals surface area contributed by atoms with E-state index in [-0.39, 0.29) is 5.75 Å². The maximum atomic E-state index is 9.42. The van der Waals surface area contributed by atoms with Crippen molar-refractivity contribution in [3.8, 4) is 11.8 Å². The zero-order valence-corrected chi connectivity index (χ0v) is 11.1. The molecule has 2 aromatic carbocycles. The van der Waals surface area contributed by atoms with Crippen LogP contribution in [0.1, 0.15) is 11.6 Å². The number of rotatable bonds is 3. The van der Waals surface area contributed by atoms with Crippen LogP contribution in [0.25, 0.3) is 0 Å². The van der Waals surface area contributed by atoms with Crippen LogP contribution in [-0.4, -0.2) is 5.11 Å². The van der Waals surface area contributed by atoms with E-state index in [4.69, 9.17) is 0 Å². The van der Waals surface area contributed by atoms with Crippen molar-refractivity contribution in [2.24, 2.45) is 0 Å². The summed E-state index contributed by atoms with van der Waals surface area (Å²) in [6.07, 6.45) is 0. The highest BCUT2D eigenvalue weighted by Gasteiger charge is 2.10. The molecule has 0 amide bonds. The predicted octanol–water partition coefficient (Wildman–Crippen LogP) is 3.83. The van der Waals surface area contributed by atoms with Crippen LogP contribution in [0.5, 0.6) is 5.75 Å². The second-order valence-corrected chi connectivity index (χ2v) is 4.73. The van der Waals surface area contributed by atoms with Crippen molar-refractivity contribution in [2.45, 2.75) is 6.04 Å². The summed E-state index contributed by atoms with van der Waals surface area (Å²) < 4.78 is 0.945. The molecule has 0 heterocycles. The summed E-state index contributed by atoms with van der Waals surface area (Å²) >= 11 is 3.38. The fourth-order valence-corrected chi connectivity index (χ4v) is 2.04. The minimum absolute atomic E-state index is 0.156. The highest BCUT2D eigenvalue weighted by atomic mass is 79.9. The lowest BCUT2D eigenvalue weighted by molar-refractivity contribution is 0.474. The van der Waals surface area contributed by atoms with Gasteiger partial charge < -0.3 is 10.4 Å². The SMILES string of the molecule is N#CC(Nc1cccc(Br)c1)c1cccc(O)c1. The van der Waals surface area contributed by atoms with Crippen LogP contribution in [0.4, 0.5) is 5.69 Å². The van der Waals surface area contributed by atoms with E-state index in [1.807, 2.05) is 24.3 Å². The number of phenols is 1. The first-order valence-electron chi connectivity index (χ1n) is 5.39. The van der Waals surface area contributed by atoms with E-state index in [0.29, 0.717) is 0 Å². The first-order chi connectivity index (χ1) is 8.69. The number of aromatic hydroxyl groups is 1. The van der Waals surface area contributed by atoms with Gasteiger partial charge in [0.25, 0.3) is 0 Å². The van der Waals surface area contributed by atoms with Gasteiger partial charge in [-0.2, -0.15) is 5.26 Å². The molecule has 2 rings (SSSR count). The summed E-state index contributed by atoms with van der Waals surface area (Å²) in [6.45, 7) is 0. The van der Waals surface area contributed by atoms with E-state index in [2.05, 4.69) is 27.3 Å². The summed E-state index contributed by atoms with van der Waals surface area (Å²) in [5, 5.41) is 21.7. The minimum Gasteiger partial charge on any atom is -0.508 e. The molecule has 0 fully saturated rings. The van der Waals surface area contributed by atoms with Gasteiger partial charge in [0.1, 0.15) is 11.8 Å². The van der Waals surface area contributed by atoms with Crippen LogP contribution in [0.2, 0.25) is 0 Å². The molecule has 3 nitrogen and oxygen atoms in total. The Morgan fingerprint density at radius 1 is 1.17 bits per heavy atom. The van der Waals surface area contributed by atoms with Crippen LogP contribution < -0.4 is 5.32 Å². The van der Waals surface area contributed by atoms with Crippen molar-refractivity contribution in [3.05, 3.63) is 58.6 Å². The first-order valence-corrected chi connectivity index (χ1v) is 6.19. The number of hydrogen-bond donors (Lipinski definition) is 2. The smallest absolute Gasteiger partial charge is 0.140 e. The van der Waals surface area contributed by atoms with Gasteiger partial charge in [0.2, 0.25) is 0 Å². The molecule has 0 aliphatic heterocycles. The molecule has 0 bridgehead atoms. The average molecular weight is 303 g/mol. The van der Waals surface area contributed by atoms with Gasteiger partial charge in [0.05, 0.1) is 6.07 Å². The standard InChI is InChI=1S/C14H11BrN2O/c15-11-4-2-5-12(8-11)17-14(9-16)10-3-1-6-13(18)7-10/h1-8,14,17-18H. The zero-order valence-electron chi connectivity index (χ0n) is 9.47. The van der Waals surface area contributed by atoms with E-state index in [1.165, 1.54) is 0 Å². The summed E-state index contributed by atoms with van der Waals surface area (Å²) in [6, 6.07) is 16.0. The maximum absolute atomic E-state index is 9.42. The molecule has 2 aromatic rings. The quantitative estimate of drug-likeness (QED) is 0.906. The van der Waals surface area contributed by atoms with E-state index >= 15 is 0 Å². The Hall–Kier alpha value is -1.99. The molecule has 90 valence electrons. The monoisotopic (exact) mass is 302 g/mol. The fourth-order valence-electron chi connectivity index (χ4n) is 1.64. The Balaban J connectivity index is 2.23. The zero-order chi connectivity index (χ0) is 13.0. The van der Waals surface area contributed by atoms with E-state index in [9.17, 15) is 10.4 Å². The molecule has 2 N–H and O–H groups in total. The molecule has 0 saturated carbocycles. The molecule has 0 radical (unpaired) electrons. The summed E-state index contributed by atoms with van der Waals surface area (Å²) in [4.78, 5) is 0. The second kappa shape index (κ2) is 5.56. The van der Waals surface area contributed by atoms with Crippen molar-refractivity contribution in [1.82, 2.24) is 0 Å². The number of nitrogens with one attached hydrogen (secondary N) is 1. The molecule has 1 atom stereocenters. The number of hydrogen-bond acceptors (Lipinski definition) is 3. The highest BCUT2D eigenvalue weighted by molar-refractivity contribution is 9.10. The topological polar surface area (TPSA) is 56.0 Å². The number of halogens is 1. The average Bonchev–Trinajstić information content (AvgIpc) is 2.36. The minimum atomic E-state index is -0.494. The number of nitrogens with zero attached hydrogens (tertiary/aromatic N) is 1. The van der Waals surface area contributed by atoms with Gasteiger partial charge in [-0.3, -0.25) is 0 Å². The Morgan fingerprint density at radius 2 is 1.94 bits per heavy atom. The van der Waals surface area contributed by atoms with Crippen molar-refractivity contribution in [1.29, 1.82) is 5.26 Å². The Bertz CT molecular complexity index is 592. The number of anilines is 1. The van der Waals surface area contributed by atoms with Gasteiger partial charge in [-0.25, -0.2) is 0 Å². The van der Waals surface area contributed by atoms with Gasteiger partial charge in [0.15, 0.2) is 0 Å². The highest BCUT2D eigenvalue weighted by Crippen LogP contribution is 2.23. The van der Waals surface area contributed by atoms with Gasteiger partial charge in [0, 0.05) is 10.2 Å². The van der Waals surface area contributed by atoms with Gasteiger partial charge in [-0.05, 0) is 35.9 Å². The maximum Gasteiger partial charge on any atom is 0.140 e. The van der Waals surface area contributed by atoms with Crippen LogP contribution in [0.3, 0.4) is 0 Å². The second-order valence-electron chi connectivity index (χ2n) is 3.81. The molecule has 18 heavy (non-hydrogen) atoms. The van der Waals surface area contributed by atoms with Crippen LogP contribution in [0, 0.1) is 11.3 Å². The van der Waals surface area contributed by atoms with Crippen molar-refractivity contribution in [2.75, 3.05) is 5.32 Å². The molecule has 0 aliphatic rings. The number of nitriles is 1. The largest absolute Gasteiger partial charge is 0.508 e. The molecule has 4 heteroatoms. The molecule has 0 aromatic heterocycles. The molecular formula is C14H11BrN2O. The molecule has 0 aliphatic carbocycles. The first kappa shape index (κ1) is 12.5. The summed E-state index contributed by atoms with van der Waals surface area (Å²) in [5.74, 6) is 0.156. The molecular weight excluding hydrogens is 292 g/mol. The van der Waals surface area contributed by atoms with Crippen LogP contribution in [0.15, 0.2) is 53.0 Å². The normalized spacial score (nSPS) is 11.6. The predicted molar refractivity (Wildman–Crippen MR) is 74.2 cm³/mol. The third-order valence-corrected chi connectivity index (χ3v) is 2.96. The number of phenolic OH excluding ortho intramolecular Hbond substituents is 1. The lowest BCUT2D eigenvalue weighted by atomic mass is 10.1. The third-order valence-electron chi connectivity index (χ3n) is 2.47. The van der Waals surface area contributed by atoms with Crippen molar-refractivity contribution >= 4 is 21.6 Å². The van der Waals surface area contributed by atoms with E-state index in [0.717, 1.165) is 15.7 Å². The van der Waals surface area contributed by atoms with Gasteiger partial charge >= 0.3 is 0 Å². The van der Waals surface area contributed by atoms with Crippen LogP contribution >= 0.6 is 15.9 Å². The molecule has 1 unspecified atom stereocenters. The van der Waals surface area contributed by atoms with Crippen molar-refractivity contribution in [3.63, 3.8) is 0 Å². The number of benzene rings is 2. The summed E-state index contributed by atoms with van der Waals surface area (Å²) in [5.41, 5.74) is 1.58. The van der Waals surface area contributed by atoms with Crippen LogP contribution in [-0.2, 0) is 0 Å². The summed E-state index contributed by atoms with van der Waals surface area (Å²) in [7, 11) is 0. The van der Waals surface area contributed by atoms with Gasteiger partial charge in [-0.1, -0.05) is 34.1 Å². The molecule has 0 spiro atoms. The lowest BCUT2D eigenvalue weighted by Crippen LogP contribution is -2.08. The molecule has 0 saturated heterocycles. The Labute approximate surface area is 114 Å².